The molecule has 5 aromatic rings. The third-order valence-corrected chi connectivity index (χ3v) is 12.7. The summed E-state index contributed by atoms with van der Waals surface area (Å²) >= 11 is 0. The van der Waals surface area contributed by atoms with Gasteiger partial charge in [0.15, 0.2) is 23.0 Å². The lowest BCUT2D eigenvalue weighted by Crippen LogP contribution is -2.47. The van der Waals surface area contributed by atoms with E-state index in [-0.39, 0.29) is 12.6 Å². The SMILES string of the molecule is COc1cc(-c2cncc(CN(C3CCN(Cc4ccnc(-c5cc(OC)c(OC)c(OC)c5)c4)CC3)S(=O)(=O)c3c(C)cc(C)cc3C)c2)cc(OC)c1OC. The van der Waals surface area contributed by atoms with Crippen LogP contribution in [0.5, 0.6) is 34.5 Å². The topological polar surface area (TPSA) is 122 Å². The van der Waals surface area contributed by atoms with Gasteiger partial charge in [0.25, 0.3) is 0 Å². The molecule has 1 fully saturated rings. The maximum absolute atomic E-state index is 14.9. The molecule has 0 unspecified atom stereocenters. The standard InChI is InChI=1S/C44H52N4O8S/c1-28-16-29(2)44(30(3)17-28)57(49,50)48(27-32-18-35(25-45-24-32)33-20-38(51-4)42(55-8)39(21-33)52-5)36-11-14-47(15-12-36)26-31-10-13-46-37(19-31)34-22-40(53-6)43(56-9)41(23-34)54-7/h10,13,16-25,36H,11-12,14-15,26-27H2,1-9H3. The van der Waals surface area contributed by atoms with Crippen LogP contribution in [-0.4, -0.2) is 89.4 Å². The fourth-order valence-electron chi connectivity index (χ4n) is 7.84. The van der Waals surface area contributed by atoms with Gasteiger partial charge in [-0.25, -0.2) is 8.42 Å². The molecule has 3 heterocycles. The van der Waals surface area contributed by atoms with Gasteiger partial charge in [-0.05, 0) is 104 Å². The van der Waals surface area contributed by atoms with Crippen molar-refractivity contribution in [2.75, 3.05) is 55.7 Å². The molecule has 1 aliphatic heterocycles. The molecule has 0 amide bonds. The molecule has 6 rings (SSSR count). The summed E-state index contributed by atoms with van der Waals surface area (Å²) in [6.07, 6.45) is 6.62. The smallest absolute Gasteiger partial charge is 0.244 e. The van der Waals surface area contributed by atoms with Crippen molar-refractivity contribution in [2.45, 2.75) is 57.6 Å². The molecular formula is C44H52N4O8S. The van der Waals surface area contributed by atoms with Crippen LogP contribution in [-0.2, 0) is 23.1 Å². The molecule has 0 radical (unpaired) electrons. The number of aryl methyl sites for hydroxylation is 3. The Kier molecular flexibility index (Phi) is 12.9. The van der Waals surface area contributed by atoms with Crippen molar-refractivity contribution in [3.63, 3.8) is 0 Å². The first-order valence-electron chi connectivity index (χ1n) is 18.8. The fourth-order valence-corrected chi connectivity index (χ4v) is 9.93. The fraction of sp³-hybridized carbons (Fsp3) is 0.364. The van der Waals surface area contributed by atoms with Gasteiger partial charge in [0.1, 0.15) is 0 Å². The minimum absolute atomic E-state index is 0.160. The van der Waals surface area contributed by atoms with E-state index in [4.69, 9.17) is 28.4 Å². The van der Waals surface area contributed by atoms with E-state index in [2.05, 4.69) is 20.9 Å². The molecule has 302 valence electrons. The second-order valence-electron chi connectivity index (χ2n) is 14.2. The van der Waals surface area contributed by atoms with E-state index >= 15 is 0 Å². The summed E-state index contributed by atoms with van der Waals surface area (Å²) in [5.41, 5.74) is 7.58. The number of benzene rings is 3. The summed E-state index contributed by atoms with van der Waals surface area (Å²) in [6, 6.07) is 17.2. The lowest BCUT2D eigenvalue weighted by Gasteiger charge is -2.38. The minimum Gasteiger partial charge on any atom is -0.493 e. The zero-order chi connectivity index (χ0) is 40.9. The van der Waals surface area contributed by atoms with Crippen molar-refractivity contribution in [1.82, 2.24) is 19.2 Å². The highest BCUT2D eigenvalue weighted by molar-refractivity contribution is 7.89. The predicted octanol–water partition coefficient (Wildman–Crippen LogP) is 7.64. The van der Waals surface area contributed by atoms with Crippen LogP contribution in [0.15, 0.2) is 78.1 Å². The Hall–Kier alpha value is -5.37. The number of hydrogen-bond donors (Lipinski definition) is 0. The Morgan fingerprint density at radius 1 is 0.667 bits per heavy atom. The number of rotatable bonds is 15. The Morgan fingerprint density at radius 3 is 1.74 bits per heavy atom. The summed E-state index contributed by atoms with van der Waals surface area (Å²) in [6.45, 7) is 8.02. The van der Waals surface area contributed by atoms with Gasteiger partial charge in [-0.3, -0.25) is 14.9 Å². The molecule has 13 heteroatoms. The largest absolute Gasteiger partial charge is 0.493 e. The molecule has 0 spiro atoms. The van der Waals surface area contributed by atoms with Crippen molar-refractivity contribution in [1.29, 1.82) is 0 Å². The number of pyridine rings is 2. The van der Waals surface area contributed by atoms with Gasteiger partial charge in [0, 0.05) is 61.9 Å². The third-order valence-electron chi connectivity index (χ3n) is 10.5. The summed E-state index contributed by atoms with van der Waals surface area (Å²) in [7, 11) is 5.56. The molecule has 0 atom stereocenters. The Bertz CT molecular complexity index is 2250. The second kappa shape index (κ2) is 17.8. The number of ether oxygens (including phenoxy) is 6. The van der Waals surface area contributed by atoms with Crippen molar-refractivity contribution in [3.05, 3.63) is 101 Å². The second-order valence-corrected chi connectivity index (χ2v) is 16.1. The first kappa shape index (κ1) is 41.3. The molecular weight excluding hydrogens is 745 g/mol. The van der Waals surface area contributed by atoms with E-state index in [9.17, 15) is 8.42 Å². The lowest BCUT2D eigenvalue weighted by molar-refractivity contribution is 0.150. The van der Waals surface area contributed by atoms with Crippen molar-refractivity contribution in [3.8, 4) is 56.9 Å². The van der Waals surface area contributed by atoms with E-state index in [0.29, 0.717) is 71.9 Å². The molecule has 3 aromatic carbocycles. The van der Waals surface area contributed by atoms with E-state index < -0.39 is 10.0 Å². The van der Waals surface area contributed by atoms with E-state index in [1.165, 1.54) is 0 Å². The zero-order valence-corrected chi connectivity index (χ0v) is 35.0. The van der Waals surface area contributed by atoms with E-state index in [1.807, 2.05) is 69.3 Å². The number of hydrogen-bond acceptors (Lipinski definition) is 11. The van der Waals surface area contributed by atoms with Gasteiger partial charge in [-0.1, -0.05) is 17.7 Å². The number of aromatic nitrogens is 2. The number of piperidine rings is 1. The maximum Gasteiger partial charge on any atom is 0.244 e. The van der Waals surface area contributed by atoms with Crippen LogP contribution in [0.25, 0.3) is 22.4 Å². The lowest BCUT2D eigenvalue weighted by atomic mass is 10.0. The average Bonchev–Trinajstić information content (AvgIpc) is 3.21. The molecule has 1 aliphatic rings. The van der Waals surface area contributed by atoms with Gasteiger partial charge < -0.3 is 28.4 Å². The maximum atomic E-state index is 14.9. The number of likely N-dealkylation sites (tertiary alicyclic amines) is 1. The molecule has 0 bridgehead atoms. The van der Waals surface area contributed by atoms with Crippen LogP contribution >= 0.6 is 0 Å². The van der Waals surface area contributed by atoms with Crippen LogP contribution in [0, 0.1) is 20.8 Å². The quantitative estimate of drug-likeness (QED) is 0.104. The highest BCUT2D eigenvalue weighted by Crippen LogP contribution is 2.42. The Morgan fingerprint density at radius 2 is 1.21 bits per heavy atom. The molecule has 0 aliphatic carbocycles. The van der Waals surface area contributed by atoms with Crippen LogP contribution < -0.4 is 28.4 Å². The van der Waals surface area contributed by atoms with E-state index in [1.54, 1.807) is 65.6 Å². The average molecular weight is 797 g/mol. The summed E-state index contributed by atoms with van der Waals surface area (Å²) < 4.78 is 64.8. The van der Waals surface area contributed by atoms with Gasteiger partial charge in [0.05, 0.1) is 53.2 Å². The number of methoxy groups -OCH3 is 6. The van der Waals surface area contributed by atoms with Crippen LogP contribution in [0.3, 0.4) is 0 Å². The van der Waals surface area contributed by atoms with Crippen molar-refractivity contribution < 1.29 is 36.8 Å². The predicted molar refractivity (Wildman–Crippen MR) is 220 cm³/mol. The first-order chi connectivity index (χ1) is 27.4. The molecule has 1 saturated heterocycles. The monoisotopic (exact) mass is 796 g/mol. The van der Waals surface area contributed by atoms with Crippen LogP contribution in [0.2, 0.25) is 0 Å². The molecule has 57 heavy (non-hydrogen) atoms. The minimum atomic E-state index is -3.92. The highest BCUT2D eigenvalue weighted by Gasteiger charge is 2.36. The molecule has 0 N–H and O–H groups in total. The Labute approximate surface area is 336 Å². The van der Waals surface area contributed by atoms with Crippen LogP contribution in [0.1, 0.15) is 40.7 Å². The van der Waals surface area contributed by atoms with Gasteiger partial charge in [-0.2, -0.15) is 4.31 Å². The third kappa shape index (κ3) is 8.80. The Balaban J connectivity index is 1.27. The van der Waals surface area contributed by atoms with Gasteiger partial charge in [0.2, 0.25) is 21.5 Å². The first-order valence-corrected chi connectivity index (χ1v) is 20.2. The molecule has 12 nitrogen and oxygen atoms in total. The summed E-state index contributed by atoms with van der Waals surface area (Å²) in [5, 5.41) is 0. The van der Waals surface area contributed by atoms with E-state index in [0.717, 1.165) is 50.2 Å². The summed E-state index contributed by atoms with van der Waals surface area (Å²) in [4.78, 5) is 11.9. The molecule has 2 aromatic heterocycles. The number of sulfonamides is 1. The highest BCUT2D eigenvalue weighted by atomic mass is 32.2. The van der Waals surface area contributed by atoms with Crippen LogP contribution in [0.4, 0.5) is 0 Å². The molecule has 0 saturated carbocycles. The zero-order valence-electron chi connectivity index (χ0n) is 34.2. The van der Waals surface area contributed by atoms with Gasteiger partial charge in [-0.15, -0.1) is 0 Å². The van der Waals surface area contributed by atoms with Gasteiger partial charge >= 0.3 is 0 Å². The summed E-state index contributed by atoms with van der Waals surface area (Å²) in [5.74, 6) is 3.16. The van der Waals surface area contributed by atoms with Crippen molar-refractivity contribution >= 4 is 10.0 Å². The normalized spacial score (nSPS) is 13.7. The number of nitrogens with zero attached hydrogens (tertiary/aromatic N) is 4. The van der Waals surface area contributed by atoms with Crippen molar-refractivity contribution in [2.24, 2.45) is 0 Å².